The fourth-order valence-electron chi connectivity index (χ4n) is 13.5. The van der Waals surface area contributed by atoms with Crippen LogP contribution in [0.15, 0.2) is 66.2 Å². The lowest BCUT2D eigenvalue weighted by molar-refractivity contribution is -0.156. The number of hydrogen-bond acceptors (Lipinski definition) is 9. The van der Waals surface area contributed by atoms with Gasteiger partial charge < -0.3 is 41.2 Å². The highest BCUT2D eigenvalue weighted by molar-refractivity contribution is 5.94. The van der Waals surface area contributed by atoms with E-state index < -0.39 is 72.0 Å². The number of allylic oxidation sites excluding steroid dienone is 1. The smallest absolute Gasteiger partial charge is 0.408 e. The number of rotatable bonds is 22. The van der Waals surface area contributed by atoms with Crippen LogP contribution in [0.1, 0.15) is 164 Å². The largest absolute Gasteiger partial charge is 0.508 e. The van der Waals surface area contributed by atoms with Crippen LogP contribution in [0.3, 0.4) is 0 Å². The predicted octanol–water partition coefficient (Wildman–Crippen LogP) is 9.66. The van der Waals surface area contributed by atoms with Crippen molar-refractivity contribution in [2.45, 2.75) is 202 Å². The first-order chi connectivity index (χ1) is 35.3. The van der Waals surface area contributed by atoms with Gasteiger partial charge in [-0.2, -0.15) is 0 Å². The van der Waals surface area contributed by atoms with Crippen LogP contribution in [0.5, 0.6) is 5.75 Å². The Labute approximate surface area is 447 Å². The molecule has 4 aliphatic rings. The number of esters is 1. The minimum absolute atomic E-state index is 0.0285. The minimum Gasteiger partial charge on any atom is -0.508 e. The quantitative estimate of drug-likeness (QED) is 0.0491. The summed E-state index contributed by atoms with van der Waals surface area (Å²) in [7, 11) is 0. The van der Waals surface area contributed by atoms with Crippen molar-refractivity contribution in [1.29, 1.82) is 0 Å². The van der Waals surface area contributed by atoms with Gasteiger partial charge in [0, 0.05) is 19.3 Å². The number of amides is 5. The molecule has 12 atom stereocenters. The first-order valence-corrected chi connectivity index (χ1v) is 28.2. The van der Waals surface area contributed by atoms with Gasteiger partial charge in [-0.1, -0.05) is 122 Å². The molecule has 14 nitrogen and oxygen atoms in total. The number of hydrogen-bond donors (Lipinski definition) is 6. The Morgan fingerprint density at radius 1 is 0.707 bits per heavy atom. The zero-order valence-electron chi connectivity index (χ0n) is 47.0. The van der Waals surface area contributed by atoms with Crippen molar-refractivity contribution in [2.24, 2.45) is 52.3 Å². The number of alkyl carbamates (subject to hydrolysis) is 1. The van der Waals surface area contributed by atoms with E-state index in [1.54, 1.807) is 32.9 Å². The van der Waals surface area contributed by atoms with Gasteiger partial charge in [-0.25, -0.2) is 9.59 Å². The second-order valence-corrected chi connectivity index (χ2v) is 25.1. The molecule has 2 aromatic carbocycles. The van der Waals surface area contributed by atoms with E-state index in [-0.39, 0.29) is 36.0 Å². The van der Waals surface area contributed by atoms with Crippen molar-refractivity contribution >= 4 is 35.7 Å². The maximum Gasteiger partial charge on any atom is 0.408 e. The van der Waals surface area contributed by atoms with Crippen LogP contribution in [0.4, 0.5) is 4.79 Å². The lowest BCUT2D eigenvalue weighted by atomic mass is 9.47. The number of fused-ring (bicyclic) bond motifs is 5. The molecule has 2 aromatic rings. The molecule has 6 N–H and O–H groups in total. The van der Waals surface area contributed by atoms with Crippen molar-refractivity contribution in [3.8, 4) is 5.75 Å². The SMILES string of the molecule is CC(C)CCC[C@@H](C)[C@H]1CC[C@H]2[C@@H]3CC=C4C[C@@H](OC(=O)[C@@H](CC(C)C)NC(=O)[C@H](Cc5ccccc5)NC(=O)CNC(=O)[C@@H](C)NC(=O)[C@H](Cc5ccc(O)cc5)NC(=O)OC(C)(C)C)CC[C@]4(C)[C@H]3CC[C@]12C. The van der Waals surface area contributed by atoms with E-state index in [1.807, 2.05) is 44.2 Å². The normalized spacial score (nSPS) is 26.1. The van der Waals surface area contributed by atoms with E-state index in [0.29, 0.717) is 35.7 Å². The lowest BCUT2D eigenvalue weighted by Crippen LogP contribution is -2.56. The zero-order valence-corrected chi connectivity index (χ0v) is 47.0. The maximum atomic E-state index is 14.3. The predicted molar refractivity (Wildman–Crippen MR) is 292 cm³/mol. The fraction of sp³-hybridized carbons (Fsp3) is 0.672. The summed E-state index contributed by atoms with van der Waals surface area (Å²) in [6.07, 6.45) is 14.7. The molecule has 4 aliphatic carbocycles. The van der Waals surface area contributed by atoms with Gasteiger partial charge in [0.15, 0.2) is 0 Å². The Morgan fingerprint density at radius 3 is 2.01 bits per heavy atom. The van der Waals surface area contributed by atoms with E-state index in [2.05, 4.69) is 67.3 Å². The van der Waals surface area contributed by atoms with E-state index in [9.17, 15) is 33.9 Å². The number of ether oxygens (including phenoxy) is 2. The second-order valence-electron chi connectivity index (χ2n) is 25.1. The highest BCUT2D eigenvalue weighted by Gasteiger charge is 2.59. The number of phenols is 1. The topological polar surface area (TPSA) is 201 Å². The third-order valence-corrected chi connectivity index (χ3v) is 17.3. The van der Waals surface area contributed by atoms with E-state index in [0.717, 1.165) is 48.5 Å². The van der Waals surface area contributed by atoms with Crippen LogP contribution in [-0.2, 0) is 46.3 Å². The van der Waals surface area contributed by atoms with Gasteiger partial charge in [-0.3, -0.25) is 19.2 Å². The average Bonchev–Trinajstić information content (AvgIpc) is 3.70. The molecule has 3 fully saturated rings. The zero-order chi connectivity index (χ0) is 54.8. The second kappa shape index (κ2) is 25.6. The van der Waals surface area contributed by atoms with Crippen LogP contribution < -0.4 is 26.6 Å². The number of aromatic hydroxyl groups is 1. The monoisotopic (exact) mass is 1040 g/mol. The third-order valence-electron chi connectivity index (χ3n) is 17.3. The van der Waals surface area contributed by atoms with Crippen LogP contribution in [0.2, 0.25) is 0 Å². The van der Waals surface area contributed by atoms with Crippen LogP contribution in [-0.4, -0.2) is 83.2 Å². The van der Waals surface area contributed by atoms with Crippen molar-refractivity contribution in [3.05, 3.63) is 77.4 Å². The Morgan fingerprint density at radius 2 is 1.36 bits per heavy atom. The summed E-state index contributed by atoms with van der Waals surface area (Å²) in [5.74, 6) is 1.46. The molecule has 0 aliphatic heterocycles. The molecule has 14 heteroatoms. The molecule has 5 amide bonds. The number of carbonyl (C=O) groups is 6. The highest BCUT2D eigenvalue weighted by Crippen LogP contribution is 2.67. The Balaban J connectivity index is 1.05. The molecular weight excluding hydrogens is 947 g/mol. The number of phenolic OH excluding ortho intramolecular Hbond substituents is 1. The summed E-state index contributed by atoms with van der Waals surface area (Å²) in [4.78, 5) is 81.6. The Bertz CT molecular complexity index is 2310. The van der Waals surface area contributed by atoms with Gasteiger partial charge in [0.1, 0.15) is 41.6 Å². The molecule has 3 saturated carbocycles. The van der Waals surface area contributed by atoms with E-state index in [1.165, 1.54) is 69.6 Å². The maximum absolute atomic E-state index is 14.3. The summed E-state index contributed by atoms with van der Waals surface area (Å²) in [5.41, 5.74) is 2.50. The van der Waals surface area contributed by atoms with Crippen molar-refractivity contribution in [2.75, 3.05) is 6.54 Å². The van der Waals surface area contributed by atoms with Crippen molar-refractivity contribution in [3.63, 3.8) is 0 Å². The van der Waals surface area contributed by atoms with Gasteiger partial charge in [0.05, 0.1) is 6.54 Å². The standard InChI is InChI=1S/C61H91N5O9/c1-37(2)16-15-17-39(5)47-26-27-48-46-25-22-43-35-45(28-30-60(43,10)49(46)29-31-61(47,48)11)74-57(72)52(32-38(3)4)65-56(71)50(33-41-18-13-12-14-19-41)64-53(68)36-62-54(69)40(6)63-55(70)51(66-58(73)75-59(7,8)9)34-42-20-23-44(67)24-21-42/h12-14,18-24,37-40,45-52,67H,15-17,25-36H2,1-11H3,(H,62,69)(H,63,70)(H,64,68)(H,65,71)(H,66,73)/t39-,40-,45+,46+,47-,48+,49+,50+,51+,52-,60+,61-/m1/s1. The number of carbonyl (C=O) groups excluding carboxylic acids is 6. The van der Waals surface area contributed by atoms with Crippen LogP contribution >= 0.6 is 0 Å². The first-order valence-electron chi connectivity index (χ1n) is 28.2. The van der Waals surface area contributed by atoms with Gasteiger partial charge >= 0.3 is 12.1 Å². The summed E-state index contributed by atoms with van der Waals surface area (Å²) in [6, 6.07) is 11.0. The lowest BCUT2D eigenvalue weighted by Gasteiger charge is -2.58. The molecule has 0 unspecified atom stereocenters. The first kappa shape index (κ1) is 58.9. The summed E-state index contributed by atoms with van der Waals surface area (Å²) < 4.78 is 11.7. The van der Waals surface area contributed by atoms with Crippen molar-refractivity contribution < 1.29 is 43.3 Å². The summed E-state index contributed by atoms with van der Waals surface area (Å²) in [6.45, 7) is 22.3. The molecule has 0 heterocycles. The fourth-order valence-corrected chi connectivity index (χ4v) is 13.5. The highest BCUT2D eigenvalue weighted by atomic mass is 16.6. The Kier molecular flexibility index (Phi) is 20.1. The van der Waals surface area contributed by atoms with Crippen molar-refractivity contribution in [1.82, 2.24) is 26.6 Å². The van der Waals surface area contributed by atoms with Crippen LogP contribution in [0.25, 0.3) is 0 Å². The van der Waals surface area contributed by atoms with E-state index in [4.69, 9.17) is 9.47 Å². The van der Waals surface area contributed by atoms with Gasteiger partial charge in [0.2, 0.25) is 23.6 Å². The molecule has 0 aromatic heterocycles. The minimum atomic E-state index is -1.15. The van der Waals surface area contributed by atoms with Gasteiger partial charge in [0.25, 0.3) is 0 Å². The molecular formula is C61H91N5O9. The average molecular weight is 1040 g/mol. The van der Waals surface area contributed by atoms with Gasteiger partial charge in [-0.15, -0.1) is 0 Å². The molecule has 0 saturated heterocycles. The molecule has 414 valence electrons. The summed E-state index contributed by atoms with van der Waals surface area (Å²) >= 11 is 0. The number of benzene rings is 2. The number of nitrogens with one attached hydrogen (secondary N) is 5. The molecule has 75 heavy (non-hydrogen) atoms. The van der Waals surface area contributed by atoms with Gasteiger partial charge in [-0.05, 0) is 155 Å². The third kappa shape index (κ3) is 15.8. The summed E-state index contributed by atoms with van der Waals surface area (Å²) in [5, 5.41) is 23.2. The van der Waals surface area contributed by atoms with Crippen LogP contribution in [0, 0.1) is 52.3 Å². The molecule has 6 rings (SSSR count). The molecule has 0 spiro atoms. The molecule has 0 radical (unpaired) electrons. The molecule has 0 bridgehead atoms. The van der Waals surface area contributed by atoms with E-state index >= 15 is 0 Å². The Hall–Kier alpha value is -5.40.